The van der Waals surface area contributed by atoms with Crippen LogP contribution < -0.4 is 4.74 Å². The van der Waals surface area contributed by atoms with Crippen molar-refractivity contribution in [1.29, 1.82) is 0 Å². The van der Waals surface area contributed by atoms with E-state index in [1.165, 1.54) is 0 Å². The second-order valence-corrected chi connectivity index (χ2v) is 7.26. The van der Waals surface area contributed by atoms with Gasteiger partial charge in [-0.3, -0.25) is 9.59 Å². The second-order valence-electron chi connectivity index (χ2n) is 7.26. The van der Waals surface area contributed by atoms with Crippen LogP contribution in [-0.4, -0.2) is 66.1 Å². The van der Waals surface area contributed by atoms with Crippen LogP contribution in [0.5, 0.6) is 5.75 Å². The van der Waals surface area contributed by atoms with Crippen molar-refractivity contribution >= 4 is 11.8 Å². The molecule has 3 rings (SSSR count). The summed E-state index contributed by atoms with van der Waals surface area (Å²) >= 11 is 0. The maximum Gasteiger partial charge on any atom is 0.260 e. The number of aliphatic hydroxyl groups excluding tert-OH is 1. The van der Waals surface area contributed by atoms with Crippen molar-refractivity contribution in [1.82, 2.24) is 9.80 Å². The van der Waals surface area contributed by atoms with Gasteiger partial charge in [-0.2, -0.15) is 0 Å². The van der Waals surface area contributed by atoms with Crippen molar-refractivity contribution in [3.63, 3.8) is 0 Å². The number of likely N-dealkylation sites (tertiary alicyclic amines) is 2. The van der Waals surface area contributed by atoms with Gasteiger partial charge in [-0.05, 0) is 37.8 Å². The van der Waals surface area contributed by atoms with Crippen molar-refractivity contribution in [2.24, 2.45) is 5.41 Å². The molecule has 0 bridgehead atoms. The number of hydrogen-bond acceptors (Lipinski definition) is 4. The molecule has 2 saturated heterocycles. The molecule has 25 heavy (non-hydrogen) atoms. The van der Waals surface area contributed by atoms with E-state index in [0.29, 0.717) is 38.9 Å². The quantitative estimate of drug-likeness (QED) is 0.893. The van der Waals surface area contributed by atoms with E-state index in [2.05, 4.69) is 0 Å². The van der Waals surface area contributed by atoms with Gasteiger partial charge in [-0.25, -0.2) is 0 Å². The Morgan fingerprint density at radius 1 is 1.32 bits per heavy atom. The van der Waals surface area contributed by atoms with Gasteiger partial charge in [0.25, 0.3) is 5.91 Å². The van der Waals surface area contributed by atoms with Gasteiger partial charge >= 0.3 is 0 Å². The zero-order chi connectivity index (χ0) is 18.0. The van der Waals surface area contributed by atoms with Gasteiger partial charge in [0.05, 0.1) is 11.5 Å². The zero-order valence-electron chi connectivity index (χ0n) is 14.9. The van der Waals surface area contributed by atoms with E-state index < -0.39 is 11.5 Å². The summed E-state index contributed by atoms with van der Waals surface area (Å²) in [6, 6.07) is 7.61. The normalized spacial score (nSPS) is 23.0. The molecule has 2 fully saturated rings. The lowest BCUT2D eigenvalue weighted by molar-refractivity contribution is -0.157. The number of β-amino-alcohol motifs (C(OH)–C–C–N with tert-alkyl or cyclic N) is 1. The van der Waals surface area contributed by atoms with Gasteiger partial charge < -0.3 is 19.6 Å². The minimum Gasteiger partial charge on any atom is -0.484 e. The van der Waals surface area contributed by atoms with Crippen LogP contribution in [0.1, 0.15) is 24.8 Å². The number of rotatable bonds is 3. The lowest BCUT2D eigenvalue weighted by atomic mass is 9.71. The molecule has 0 saturated carbocycles. The highest BCUT2D eigenvalue weighted by Gasteiger charge is 2.47. The number of carbonyl (C=O) groups is 2. The van der Waals surface area contributed by atoms with E-state index in [0.717, 1.165) is 11.3 Å². The monoisotopic (exact) mass is 346 g/mol. The third-order valence-corrected chi connectivity index (χ3v) is 5.43. The number of nitrogens with zero attached hydrogens (tertiary/aromatic N) is 2. The Labute approximate surface area is 148 Å². The van der Waals surface area contributed by atoms with Gasteiger partial charge in [0.2, 0.25) is 5.91 Å². The standard InChI is InChI=1S/C19H26N2O4/c1-14-5-3-4-6-16(14)25-13-17(23)21-9-7-19(8-10-21)11-15(22)12-20(2)18(19)24/h3-6,15,22H,7-13H2,1-2H3. The van der Waals surface area contributed by atoms with E-state index in [9.17, 15) is 14.7 Å². The van der Waals surface area contributed by atoms with Crippen LogP contribution in [0.25, 0.3) is 0 Å². The predicted molar refractivity (Wildman–Crippen MR) is 93.2 cm³/mol. The lowest BCUT2D eigenvalue weighted by Crippen LogP contribution is -2.57. The van der Waals surface area contributed by atoms with E-state index in [-0.39, 0.29) is 18.4 Å². The molecule has 1 N–H and O–H groups in total. The van der Waals surface area contributed by atoms with Crippen molar-refractivity contribution < 1.29 is 19.4 Å². The number of aliphatic hydroxyl groups is 1. The number of para-hydroxylation sites is 1. The van der Waals surface area contributed by atoms with Crippen molar-refractivity contribution in [3.8, 4) is 5.75 Å². The number of ether oxygens (including phenoxy) is 1. The number of likely N-dealkylation sites (N-methyl/N-ethyl adjacent to an activating group) is 1. The van der Waals surface area contributed by atoms with Crippen molar-refractivity contribution in [2.45, 2.75) is 32.3 Å². The first-order chi connectivity index (χ1) is 11.9. The molecular formula is C19H26N2O4. The Balaban J connectivity index is 1.56. The first-order valence-electron chi connectivity index (χ1n) is 8.81. The number of hydrogen-bond donors (Lipinski definition) is 1. The fourth-order valence-corrected chi connectivity index (χ4v) is 3.96. The molecular weight excluding hydrogens is 320 g/mol. The summed E-state index contributed by atoms with van der Waals surface area (Å²) < 4.78 is 5.64. The Bertz CT molecular complexity index is 653. The van der Waals surface area contributed by atoms with Gasteiger partial charge in [0.1, 0.15) is 5.75 Å². The second kappa shape index (κ2) is 7.04. The molecule has 1 aromatic rings. The predicted octanol–water partition coefficient (Wildman–Crippen LogP) is 1.21. The fourth-order valence-electron chi connectivity index (χ4n) is 3.96. The first-order valence-corrected chi connectivity index (χ1v) is 8.81. The van der Waals surface area contributed by atoms with Crippen molar-refractivity contribution in [3.05, 3.63) is 29.8 Å². The minimum atomic E-state index is -0.514. The molecule has 6 heteroatoms. The molecule has 136 valence electrons. The minimum absolute atomic E-state index is 0.00826. The third kappa shape index (κ3) is 3.63. The van der Waals surface area contributed by atoms with Crippen molar-refractivity contribution in [2.75, 3.05) is 33.3 Å². The Hall–Kier alpha value is -2.08. The van der Waals surface area contributed by atoms with Crippen LogP contribution in [0.15, 0.2) is 24.3 Å². The van der Waals surface area contributed by atoms with Gasteiger partial charge in [-0.1, -0.05) is 18.2 Å². The highest BCUT2D eigenvalue weighted by Crippen LogP contribution is 2.40. The summed E-state index contributed by atoms with van der Waals surface area (Å²) in [6.45, 7) is 3.41. The first kappa shape index (κ1) is 17.7. The number of amides is 2. The molecule has 0 radical (unpaired) electrons. The summed E-state index contributed by atoms with van der Waals surface area (Å²) in [5.74, 6) is 0.757. The van der Waals surface area contributed by atoms with Crippen LogP contribution in [0.4, 0.5) is 0 Å². The summed E-state index contributed by atoms with van der Waals surface area (Å²) in [7, 11) is 1.74. The number of benzene rings is 1. The van der Waals surface area contributed by atoms with E-state index >= 15 is 0 Å². The molecule has 0 aliphatic carbocycles. The molecule has 2 aliphatic rings. The molecule has 6 nitrogen and oxygen atoms in total. The summed E-state index contributed by atoms with van der Waals surface area (Å²) in [5.41, 5.74) is 0.484. The Kier molecular flexibility index (Phi) is 4.99. The van der Waals surface area contributed by atoms with Crippen LogP contribution in [0.2, 0.25) is 0 Å². The topological polar surface area (TPSA) is 70.1 Å². The number of aryl methyl sites for hydroxylation is 1. The maximum absolute atomic E-state index is 12.6. The van der Waals surface area contributed by atoms with Gasteiger partial charge in [0, 0.05) is 26.7 Å². The summed E-state index contributed by atoms with van der Waals surface area (Å²) in [5, 5.41) is 10.0. The van der Waals surface area contributed by atoms with Crippen LogP contribution >= 0.6 is 0 Å². The number of piperidine rings is 2. The molecule has 2 aliphatic heterocycles. The maximum atomic E-state index is 12.6. The van der Waals surface area contributed by atoms with E-state index in [1.54, 1.807) is 16.8 Å². The molecule has 2 amide bonds. The Morgan fingerprint density at radius 2 is 2.00 bits per heavy atom. The van der Waals surface area contributed by atoms with E-state index in [1.807, 2.05) is 31.2 Å². The molecule has 1 spiro atoms. The molecule has 0 aromatic heterocycles. The largest absolute Gasteiger partial charge is 0.484 e. The Morgan fingerprint density at radius 3 is 2.68 bits per heavy atom. The lowest BCUT2D eigenvalue weighted by Gasteiger charge is -2.46. The zero-order valence-corrected chi connectivity index (χ0v) is 14.9. The van der Waals surface area contributed by atoms with E-state index in [4.69, 9.17) is 4.74 Å². The fraction of sp³-hybridized carbons (Fsp3) is 0.579. The smallest absolute Gasteiger partial charge is 0.260 e. The SMILES string of the molecule is Cc1ccccc1OCC(=O)N1CCC2(CC1)CC(O)CN(C)C2=O. The molecule has 1 atom stereocenters. The summed E-state index contributed by atoms with van der Waals surface area (Å²) in [4.78, 5) is 28.4. The average Bonchev–Trinajstić information content (AvgIpc) is 2.59. The molecule has 2 heterocycles. The third-order valence-electron chi connectivity index (χ3n) is 5.43. The van der Waals surface area contributed by atoms with Crippen LogP contribution in [0, 0.1) is 12.3 Å². The molecule has 1 unspecified atom stereocenters. The summed E-state index contributed by atoms with van der Waals surface area (Å²) in [6.07, 6.45) is 1.22. The van der Waals surface area contributed by atoms with Gasteiger partial charge in [-0.15, -0.1) is 0 Å². The molecule has 1 aromatic carbocycles. The highest BCUT2D eigenvalue weighted by atomic mass is 16.5. The van der Waals surface area contributed by atoms with Crippen LogP contribution in [-0.2, 0) is 9.59 Å². The highest BCUT2D eigenvalue weighted by molar-refractivity contribution is 5.84. The van der Waals surface area contributed by atoms with Gasteiger partial charge in [0.15, 0.2) is 6.61 Å². The average molecular weight is 346 g/mol. The number of carbonyl (C=O) groups excluding carboxylic acids is 2. The van der Waals surface area contributed by atoms with Crippen LogP contribution in [0.3, 0.4) is 0 Å².